The maximum Gasteiger partial charge on any atom is 0.259 e. The molecule has 13 heteroatoms. The predicted molar refractivity (Wildman–Crippen MR) is 193 cm³/mol. The minimum absolute atomic E-state index is 0.0274. The van der Waals surface area contributed by atoms with E-state index >= 15 is 4.39 Å². The fourth-order valence-electron chi connectivity index (χ4n) is 7.39. The molecule has 51 heavy (non-hydrogen) atoms. The fraction of sp³-hybridized carbons (Fsp3) is 0.711. The molecule has 4 amide bonds. The number of alkyl halides is 1. The summed E-state index contributed by atoms with van der Waals surface area (Å²) in [5.41, 5.74) is -2.08. The van der Waals surface area contributed by atoms with Crippen molar-refractivity contribution >= 4 is 29.4 Å². The quantitative estimate of drug-likeness (QED) is 0.196. The summed E-state index contributed by atoms with van der Waals surface area (Å²) in [6.45, 7) is 9.94. The Balaban J connectivity index is 1.71. The smallest absolute Gasteiger partial charge is 0.259 e. The number of allylic oxidation sites excluding steroid dienone is 6. The Hall–Kier alpha value is -3.42. The number of amides is 4. The zero-order valence-electron chi connectivity index (χ0n) is 31.7. The number of hydrogen-bond donors (Lipinski definition) is 3. The number of nitrogens with one attached hydrogen (secondary N) is 3. The van der Waals surface area contributed by atoms with E-state index in [9.17, 15) is 24.0 Å². The van der Waals surface area contributed by atoms with E-state index in [1.807, 2.05) is 26.0 Å². The Morgan fingerprint density at radius 3 is 2.25 bits per heavy atom. The number of Topliss-reactive ketones (excluding diaryl/α,β-unsaturated/α-hetero) is 1. The van der Waals surface area contributed by atoms with Crippen LogP contribution in [0.1, 0.15) is 66.7 Å². The van der Waals surface area contributed by atoms with E-state index in [0.717, 1.165) is 6.42 Å². The molecule has 12 nitrogen and oxygen atoms in total. The van der Waals surface area contributed by atoms with Gasteiger partial charge in [0.25, 0.3) is 5.91 Å². The Morgan fingerprint density at radius 2 is 1.71 bits per heavy atom. The lowest BCUT2D eigenvalue weighted by molar-refractivity contribution is -0.148. The van der Waals surface area contributed by atoms with Crippen LogP contribution in [0.25, 0.3) is 0 Å². The first-order valence-corrected chi connectivity index (χ1v) is 18.3. The molecule has 286 valence electrons. The number of halogens is 1. The number of carbonyl (C=O) groups excluding carboxylic acids is 5. The molecule has 0 unspecified atom stereocenters. The highest BCUT2D eigenvalue weighted by Crippen LogP contribution is 2.30. The molecule has 0 bridgehead atoms. The van der Waals surface area contributed by atoms with Gasteiger partial charge in [-0.1, -0.05) is 77.5 Å². The van der Waals surface area contributed by atoms with Gasteiger partial charge in [0.05, 0.1) is 49.1 Å². The highest BCUT2D eigenvalue weighted by atomic mass is 19.1. The molecule has 2 saturated heterocycles. The molecule has 3 rings (SSSR count). The molecule has 0 aromatic carbocycles. The third-order valence-corrected chi connectivity index (χ3v) is 10.8. The van der Waals surface area contributed by atoms with Gasteiger partial charge < -0.3 is 35.2 Å². The third-order valence-electron chi connectivity index (χ3n) is 10.8. The van der Waals surface area contributed by atoms with E-state index in [2.05, 4.69) is 16.0 Å². The van der Waals surface area contributed by atoms with E-state index in [0.29, 0.717) is 25.9 Å². The Morgan fingerprint density at radius 1 is 1.04 bits per heavy atom. The third kappa shape index (κ3) is 10.6. The zero-order chi connectivity index (χ0) is 37.9. The largest absolute Gasteiger partial charge is 0.379 e. The maximum atomic E-state index is 15.3. The summed E-state index contributed by atoms with van der Waals surface area (Å²) in [4.78, 5) is 70.3. The van der Waals surface area contributed by atoms with E-state index < -0.39 is 47.7 Å². The Kier molecular flexibility index (Phi) is 16.0. The lowest BCUT2D eigenvalue weighted by atomic mass is 9.89. The molecular formula is C38H60FN5O7. The first kappa shape index (κ1) is 42.0. The molecule has 0 radical (unpaired) electrons. The van der Waals surface area contributed by atoms with Crippen molar-refractivity contribution in [1.29, 1.82) is 0 Å². The number of carbonyl (C=O) groups is 5. The van der Waals surface area contributed by atoms with Crippen molar-refractivity contribution in [1.82, 2.24) is 25.8 Å². The van der Waals surface area contributed by atoms with Crippen LogP contribution in [0.2, 0.25) is 0 Å². The molecule has 0 aromatic heterocycles. The number of rotatable bonds is 18. The van der Waals surface area contributed by atoms with Crippen molar-refractivity contribution < 1.29 is 37.8 Å². The number of ether oxygens (including phenoxy) is 2. The van der Waals surface area contributed by atoms with Gasteiger partial charge in [-0.3, -0.25) is 24.0 Å². The molecule has 1 aliphatic carbocycles. The van der Waals surface area contributed by atoms with Gasteiger partial charge in [-0.05, 0) is 31.2 Å². The summed E-state index contributed by atoms with van der Waals surface area (Å²) in [5.74, 6) is -3.33. The number of nitrogens with zero attached hydrogens (tertiary/aromatic N) is 2. The first-order valence-electron chi connectivity index (χ1n) is 18.3. The van der Waals surface area contributed by atoms with Gasteiger partial charge in [-0.2, -0.15) is 0 Å². The molecule has 0 spiro atoms. The van der Waals surface area contributed by atoms with E-state index in [1.165, 1.54) is 14.2 Å². The summed E-state index contributed by atoms with van der Waals surface area (Å²) in [5, 5.41) is 8.31. The van der Waals surface area contributed by atoms with Gasteiger partial charge in [0.15, 0.2) is 5.78 Å². The average Bonchev–Trinajstić information content (AvgIpc) is 3.70. The molecular weight excluding hydrogens is 657 g/mol. The zero-order valence-corrected chi connectivity index (χ0v) is 31.7. The highest BCUT2D eigenvalue weighted by molar-refractivity contribution is 5.92. The molecule has 2 heterocycles. The number of hydrogen-bond acceptors (Lipinski definition) is 8. The van der Waals surface area contributed by atoms with Crippen molar-refractivity contribution in [3.05, 3.63) is 36.5 Å². The van der Waals surface area contributed by atoms with Gasteiger partial charge in [0, 0.05) is 40.8 Å². The second kappa shape index (κ2) is 19.4. The molecule has 8 atom stereocenters. The summed E-state index contributed by atoms with van der Waals surface area (Å²) in [6, 6.07) is -1.88. The molecule has 3 aliphatic rings. The normalized spacial score (nSPS) is 24.0. The molecule has 0 aromatic rings. The van der Waals surface area contributed by atoms with Crippen molar-refractivity contribution in [3.63, 3.8) is 0 Å². The molecule has 0 saturated carbocycles. The maximum absolute atomic E-state index is 15.3. The van der Waals surface area contributed by atoms with Crippen LogP contribution in [0, 0.1) is 23.7 Å². The monoisotopic (exact) mass is 717 g/mol. The minimum atomic E-state index is -2.08. The van der Waals surface area contributed by atoms with Gasteiger partial charge >= 0.3 is 0 Å². The van der Waals surface area contributed by atoms with Crippen LogP contribution >= 0.6 is 0 Å². The van der Waals surface area contributed by atoms with Crippen LogP contribution in [0.5, 0.6) is 0 Å². The van der Waals surface area contributed by atoms with Crippen LogP contribution in [-0.2, 0) is 33.4 Å². The fourth-order valence-corrected chi connectivity index (χ4v) is 7.39. The number of ketones is 1. The standard InChI is InChI=1S/C38H60FN5O7/c1-9-25(4)33(43(6)36(48)32(24(2)3)42-37(49)38(39)18-19-40-23-38)30(50-7)21-31(46)44-20-14-17-28(44)34(51-8)26(5)35(47)41-22-29(45)27-15-12-10-11-13-16-27/h10-13,15-16,24-28,30,32-34,40H,9,14,17-23H2,1-8H3,(H,41,47)(H,42,49)/t25-,26+,28-,30+,32-,33-,34+,38+/m0/s1. The predicted octanol–water partition coefficient (Wildman–Crippen LogP) is 2.73. The van der Waals surface area contributed by atoms with Crippen LogP contribution in [0.15, 0.2) is 36.5 Å². The first-order chi connectivity index (χ1) is 24.2. The van der Waals surface area contributed by atoms with E-state index in [-0.39, 0.29) is 67.3 Å². The van der Waals surface area contributed by atoms with Crippen LogP contribution in [-0.4, -0.2) is 123 Å². The topological polar surface area (TPSA) is 146 Å². The van der Waals surface area contributed by atoms with Crippen molar-refractivity contribution in [2.24, 2.45) is 23.7 Å². The second-order valence-corrected chi connectivity index (χ2v) is 14.5. The Bertz CT molecular complexity index is 1300. The van der Waals surface area contributed by atoms with Crippen molar-refractivity contribution in [2.45, 2.75) is 103 Å². The van der Waals surface area contributed by atoms with Crippen molar-refractivity contribution in [3.8, 4) is 0 Å². The SMILES string of the molecule is CC[C@H](C)[C@@H]([C@@H](CC(=O)N1CCC[C@H]1[C@H](OC)[C@@H](C)C(=O)NCC(=O)C1C=CC=CC=C1)OC)N(C)C(=O)[C@@H](NC(=O)[C@@]1(F)CCNC1)C(C)C. The van der Waals surface area contributed by atoms with Gasteiger partial charge in [0.2, 0.25) is 23.4 Å². The van der Waals surface area contributed by atoms with Crippen LogP contribution < -0.4 is 16.0 Å². The minimum Gasteiger partial charge on any atom is -0.379 e. The van der Waals surface area contributed by atoms with Gasteiger partial charge in [0.1, 0.15) is 6.04 Å². The van der Waals surface area contributed by atoms with Crippen molar-refractivity contribution in [2.75, 3.05) is 47.4 Å². The highest BCUT2D eigenvalue weighted by Gasteiger charge is 2.46. The van der Waals surface area contributed by atoms with Gasteiger partial charge in [-0.15, -0.1) is 0 Å². The molecule has 2 aliphatic heterocycles. The lowest BCUT2D eigenvalue weighted by Gasteiger charge is -2.41. The molecule has 2 fully saturated rings. The van der Waals surface area contributed by atoms with Gasteiger partial charge in [-0.25, -0.2) is 4.39 Å². The average molecular weight is 718 g/mol. The van der Waals surface area contributed by atoms with E-state index in [1.54, 1.807) is 61.9 Å². The summed E-state index contributed by atoms with van der Waals surface area (Å²) in [6.07, 6.45) is 11.6. The summed E-state index contributed by atoms with van der Waals surface area (Å²) >= 11 is 0. The number of methoxy groups -OCH3 is 2. The van der Waals surface area contributed by atoms with Crippen LogP contribution in [0.4, 0.5) is 4.39 Å². The summed E-state index contributed by atoms with van der Waals surface area (Å²) in [7, 11) is 4.67. The summed E-state index contributed by atoms with van der Waals surface area (Å²) < 4.78 is 27.0. The van der Waals surface area contributed by atoms with E-state index in [4.69, 9.17) is 9.47 Å². The second-order valence-electron chi connectivity index (χ2n) is 14.5. The number of likely N-dealkylation sites (N-methyl/N-ethyl adjacent to an activating group) is 1. The van der Waals surface area contributed by atoms with Crippen LogP contribution in [0.3, 0.4) is 0 Å². The lowest BCUT2D eigenvalue weighted by Crippen LogP contribution is -2.59. The Labute approximate surface area is 303 Å². The number of likely N-dealkylation sites (tertiary alicyclic amines) is 1. The molecule has 3 N–H and O–H groups in total.